The summed E-state index contributed by atoms with van der Waals surface area (Å²) in [6, 6.07) is 13.7. The van der Waals surface area contributed by atoms with Gasteiger partial charge < -0.3 is 15.2 Å². The van der Waals surface area contributed by atoms with Crippen LogP contribution in [0.2, 0.25) is 0 Å². The molecular weight excluding hydrogens is 325 g/mol. The number of rotatable bonds is 8. The number of benzene rings is 2. The zero-order valence-electron chi connectivity index (χ0n) is 13.8. The van der Waals surface area contributed by atoms with Crippen LogP contribution in [0.5, 0.6) is 5.75 Å². The summed E-state index contributed by atoms with van der Waals surface area (Å²) >= 11 is 0. The van der Waals surface area contributed by atoms with E-state index in [4.69, 9.17) is 4.74 Å². The van der Waals surface area contributed by atoms with Crippen LogP contribution < -0.4 is 10.1 Å². The second-order valence-electron chi connectivity index (χ2n) is 5.53. The Balaban J connectivity index is 2.05. The highest BCUT2D eigenvalue weighted by Gasteiger charge is 2.26. The third kappa shape index (κ3) is 5.31. The first-order valence-electron chi connectivity index (χ1n) is 7.99. The van der Waals surface area contributed by atoms with Gasteiger partial charge in [0.2, 0.25) is 0 Å². The molecule has 1 amide bonds. The third-order valence-electron chi connectivity index (χ3n) is 3.67. The maximum absolute atomic E-state index is 13.7. The lowest BCUT2D eigenvalue weighted by Crippen LogP contribution is -2.48. The van der Waals surface area contributed by atoms with Gasteiger partial charge in [0.05, 0.1) is 0 Å². The number of hydrogen-bond donors (Lipinski definition) is 2. The lowest BCUT2D eigenvalue weighted by Gasteiger charge is -2.21. The van der Waals surface area contributed by atoms with Crippen molar-refractivity contribution in [3.05, 3.63) is 66.0 Å². The third-order valence-corrected chi connectivity index (χ3v) is 3.67. The highest BCUT2D eigenvalue weighted by molar-refractivity contribution is 5.86. The van der Waals surface area contributed by atoms with E-state index < -0.39 is 29.8 Å². The Kier molecular flexibility index (Phi) is 6.51. The van der Waals surface area contributed by atoms with Crippen LogP contribution in [0.3, 0.4) is 0 Å². The van der Waals surface area contributed by atoms with Gasteiger partial charge in [-0.3, -0.25) is 4.79 Å². The normalized spacial score (nSPS) is 12.9. The summed E-state index contributed by atoms with van der Waals surface area (Å²) in [5.41, 5.74) is 0.790. The zero-order valence-corrected chi connectivity index (χ0v) is 13.8. The van der Waals surface area contributed by atoms with Gasteiger partial charge >= 0.3 is 5.97 Å². The molecule has 0 saturated carbocycles. The molecule has 25 heavy (non-hydrogen) atoms. The van der Waals surface area contributed by atoms with E-state index in [2.05, 4.69) is 5.32 Å². The van der Waals surface area contributed by atoms with Crippen molar-refractivity contribution in [2.45, 2.75) is 31.9 Å². The largest absolute Gasteiger partial charge is 0.480 e. The number of carbonyl (C=O) groups excluding carboxylic acids is 1. The first-order chi connectivity index (χ1) is 12.0. The molecule has 0 radical (unpaired) electrons. The minimum absolute atomic E-state index is 0.0422. The van der Waals surface area contributed by atoms with Crippen molar-refractivity contribution in [2.75, 3.05) is 0 Å². The molecule has 6 heteroatoms. The van der Waals surface area contributed by atoms with Crippen LogP contribution in [0.4, 0.5) is 4.39 Å². The zero-order chi connectivity index (χ0) is 18.2. The average molecular weight is 345 g/mol. The van der Waals surface area contributed by atoms with E-state index in [1.54, 1.807) is 37.3 Å². The van der Waals surface area contributed by atoms with Crippen LogP contribution in [0, 0.1) is 5.82 Å². The van der Waals surface area contributed by atoms with Gasteiger partial charge in [-0.2, -0.15) is 0 Å². The molecule has 0 aliphatic heterocycles. The van der Waals surface area contributed by atoms with Crippen LogP contribution >= 0.6 is 0 Å². The molecule has 0 spiro atoms. The molecule has 2 aromatic rings. The molecule has 1 unspecified atom stereocenters. The molecule has 0 bridgehead atoms. The number of para-hydroxylation sites is 1. The number of hydrogen-bond acceptors (Lipinski definition) is 3. The minimum atomic E-state index is -1.14. The van der Waals surface area contributed by atoms with Gasteiger partial charge in [0.1, 0.15) is 6.04 Å². The molecule has 0 heterocycles. The van der Waals surface area contributed by atoms with Crippen molar-refractivity contribution in [1.29, 1.82) is 0 Å². The van der Waals surface area contributed by atoms with Crippen LogP contribution in [0.15, 0.2) is 54.6 Å². The van der Waals surface area contributed by atoms with E-state index in [1.165, 1.54) is 18.2 Å². The van der Waals surface area contributed by atoms with Gasteiger partial charge in [0.15, 0.2) is 17.7 Å². The lowest BCUT2D eigenvalue weighted by atomic mass is 10.1. The summed E-state index contributed by atoms with van der Waals surface area (Å²) in [4.78, 5) is 23.8. The molecule has 2 aromatic carbocycles. The molecule has 0 fully saturated rings. The molecule has 0 aromatic heterocycles. The summed E-state index contributed by atoms with van der Waals surface area (Å²) in [6.07, 6.45) is -0.551. The van der Waals surface area contributed by atoms with E-state index in [0.29, 0.717) is 0 Å². The lowest BCUT2D eigenvalue weighted by molar-refractivity contribution is -0.143. The van der Waals surface area contributed by atoms with Gasteiger partial charge in [0.25, 0.3) is 5.91 Å². The summed E-state index contributed by atoms with van der Waals surface area (Å²) in [7, 11) is 0. The number of ether oxygens (including phenoxy) is 1. The maximum Gasteiger partial charge on any atom is 0.326 e. The maximum atomic E-state index is 13.7. The topological polar surface area (TPSA) is 75.6 Å². The molecule has 132 valence electrons. The van der Waals surface area contributed by atoms with E-state index in [9.17, 15) is 19.1 Å². The van der Waals surface area contributed by atoms with Crippen molar-refractivity contribution < 1.29 is 23.8 Å². The van der Waals surface area contributed by atoms with E-state index in [-0.39, 0.29) is 18.6 Å². The van der Waals surface area contributed by atoms with Crippen molar-refractivity contribution in [3.63, 3.8) is 0 Å². The Hall–Kier alpha value is -2.89. The fourth-order valence-electron chi connectivity index (χ4n) is 2.33. The SMILES string of the molecule is CCC(Oc1ccccc1F)C(=O)N[C@H](Cc1ccccc1)C(=O)O. The predicted molar refractivity (Wildman–Crippen MR) is 90.8 cm³/mol. The number of halogens is 1. The minimum Gasteiger partial charge on any atom is -0.480 e. The average Bonchev–Trinajstić information content (AvgIpc) is 2.61. The summed E-state index contributed by atoms with van der Waals surface area (Å²) in [6.45, 7) is 1.71. The molecular formula is C19H20FNO4. The first-order valence-corrected chi connectivity index (χ1v) is 7.99. The summed E-state index contributed by atoms with van der Waals surface area (Å²) in [5, 5.41) is 11.8. The van der Waals surface area contributed by atoms with Gasteiger partial charge in [-0.05, 0) is 24.1 Å². The monoisotopic (exact) mass is 345 g/mol. The van der Waals surface area contributed by atoms with E-state index in [0.717, 1.165) is 5.56 Å². The van der Waals surface area contributed by atoms with Gasteiger partial charge in [-0.15, -0.1) is 0 Å². The van der Waals surface area contributed by atoms with Crippen LogP contribution in [0.1, 0.15) is 18.9 Å². The van der Waals surface area contributed by atoms with E-state index in [1.807, 2.05) is 6.07 Å². The quantitative estimate of drug-likeness (QED) is 0.771. The molecule has 2 rings (SSSR count). The Morgan fingerprint density at radius 1 is 1.12 bits per heavy atom. The molecule has 0 aliphatic carbocycles. The highest BCUT2D eigenvalue weighted by atomic mass is 19.1. The van der Waals surface area contributed by atoms with Gasteiger partial charge in [-0.1, -0.05) is 49.4 Å². The second-order valence-corrected chi connectivity index (χ2v) is 5.53. The number of aliphatic carboxylic acids is 1. The first kappa shape index (κ1) is 18.4. The number of carboxylic acids is 1. The molecule has 0 saturated heterocycles. The van der Waals surface area contributed by atoms with Crippen molar-refractivity contribution >= 4 is 11.9 Å². The van der Waals surface area contributed by atoms with Crippen LogP contribution in [-0.4, -0.2) is 29.1 Å². The van der Waals surface area contributed by atoms with E-state index >= 15 is 0 Å². The fourth-order valence-corrected chi connectivity index (χ4v) is 2.33. The molecule has 0 aliphatic rings. The van der Waals surface area contributed by atoms with Crippen LogP contribution in [0.25, 0.3) is 0 Å². The van der Waals surface area contributed by atoms with Crippen LogP contribution in [-0.2, 0) is 16.0 Å². The predicted octanol–water partition coefficient (Wildman–Crippen LogP) is 2.80. The Labute approximate surface area is 145 Å². The number of nitrogens with one attached hydrogen (secondary N) is 1. The molecule has 2 N–H and O–H groups in total. The standard InChI is InChI=1S/C19H20FNO4/c1-2-16(25-17-11-7-6-10-14(17)20)18(22)21-15(19(23)24)12-13-8-4-3-5-9-13/h3-11,15-16H,2,12H2,1H3,(H,21,22)(H,23,24)/t15-,16?/m1/s1. The Morgan fingerprint density at radius 3 is 2.36 bits per heavy atom. The van der Waals surface area contributed by atoms with Crippen molar-refractivity contribution in [2.24, 2.45) is 0 Å². The van der Waals surface area contributed by atoms with Gasteiger partial charge in [-0.25, -0.2) is 9.18 Å². The van der Waals surface area contributed by atoms with Gasteiger partial charge in [0, 0.05) is 6.42 Å². The smallest absolute Gasteiger partial charge is 0.326 e. The second kappa shape index (κ2) is 8.82. The summed E-state index contributed by atoms with van der Waals surface area (Å²) < 4.78 is 19.1. The summed E-state index contributed by atoms with van der Waals surface area (Å²) in [5.74, 6) is -2.35. The number of carboxylic acid groups (broad SMARTS) is 1. The Bertz CT molecular complexity index is 720. The highest BCUT2D eigenvalue weighted by Crippen LogP contribution is 2.18. The fraction of sp³-hybridized carbons (Fsp3) is 0.263. The molecule has 2 atom stereocenters. The molecule has 5 nitrogen and oxygen atoms in total. The Morgan fingerprint density at radius 2 is 1.76 bits per heavy atom. The number of carbonyl (C=O) groups is 2. The van der Waals surface area contributed by atoms with Crippen molar-refractivity contribution in [3.8, 4) is 5.75 Å². The number of amides is 1. The van der Waals surface area contributed by atoms with Crippen molar-refractivity contribution in [1.82, 2.24) is 5.32 Å².